The molecular formula is C24H32F2N6S. The van der Waals surface area contributed by atoms with E-state index >= 15 is 0 Å². The number of nitrogens with zero attached hydrogens (tertiary/aromatic N) is 2. The third-order valence-corrected chi connectivity index (χ3v) is 6.26. The average Bonchev–Trinajstić information content (AvgIpc) is 3.24. The van der Waals surface area contributed by atoms with Crippen molar-refractivity contribution in [3.05, 3.63) is 51.9 Å². The first-order chi connectivity index (χ1) is 15.8. The molecule has 1 saturated heterocycles. The Morgan fingerprint density at radius 1 is 1.21 bits per heavy atom. The van der Waals surface area contributed by atoms with Crippen LogP contribution in [-0.2, 0) is 0 Å². The Morgan fingerprint density at radius 2 is 1.88 bits per heavy atom. The van der Waals surface area contributed by atoms with E-state index in [1.54, 1.807) is 0 Å². The molecule has 6 nitrogen and oxygen atoms in total. The van der Waals surface area contributed by atoms with E-state index in [0.717, 1.165) is 37.0 Å². The molecule has 2 heterocycles. The molecule has 0 radical (unpaired) electrons. The fourth-order valence-corrected chi connectivity index (χ4v) is 4.35. The molecule has 9 heteroatoms. The maximum Gasteiger partial charge on any atom is 0.146 e. The van der Waals surface area contributed by atoms with Crippen LogP contribution in [0.15, 0.2) is 35.3 Å². The molecule has 1 fully saturated rings. The van der Waals surface area contributed by atoms with Crippen molar-refractivity contribution >= 4 is 28.7 Å². The predicted molar refractivity (Wildman–Crippen MR) is 134 cm³/mol. The van der Waals surface area contributed by atoms with Gasteiger partial charge in [-0.2, -0.15) is 0 Å². The van der Waals surface area contributed by atoms with Crippen molar-refractivity contribution in [3.8, 4) is 11.3 Å². The van der Waals surface area contributed by atoms with Gasteiger partial charge in [-0.1, -0.05) is 27.7 Å². The van der Waals surface area contributed by atoms with Crippen LogP contribution in [0.5, 0.6) is 0 Å². The molecule has 3 rings (SSSR count). The minimum atomic E-state index is -0.720. The van der Waals surface area contributed by atoms with Crippen LogP contribution in [0.25, 0.3) is 11.3 Å². The Kier molecular flexibility index (Phi) is 9.99. The second-order valence-corrected chi connectivity index (χ2v) is 8.73. The van der Waals surface area contributed by atoms with Gasteiger partial charge in [-0.3, -0.25) is 10.8 Å². The fourth-order valence-electron chi connectivity index (χ4n) is 3.17. The van der Waals surface area contributed by atoms with Crippen LogP contribution >= 0.6 is 11.3 Å². The zero-order chi connectivity index (χ0) is 24.5. The summed E-state index contributed by atoms with van der Waals surface area (Å²) in [5, 5.41) is 20.6. The van der Waals surface area contributed by atoms with Crippen LogP contribution in [-0.4, -0.2) is 35.5 Å². The summed E-state index contributed by atoms with van der Waals surface area (Å²) >= 11 is 1.35. The molecule has 0 bridgehead atoms. The van der Waals surface area contributed by atoms with E-state index in [4.69, 9.17) is 16.6 Å². The minimum absolute atomic E-state index is 0.00953. The van der Waals surface area contributed by atoms with Crippen molar-refractivity contribution in [2.75, 3.05) is 13.1 Å². The first-order valence-electron chi connectivity index (χ1n) is 11.1. The van der Waals surface area contributed by atoms with Gasteiger partial charge in [-0.05, 0) is 50.2 Å². The number of aliphatic imine (C=N–C) groups is 1. The predicted octanol–water partition coefficient (Wildman–Crippen LogP) is 5.50. The molecule has 5 N–H and O–H groups in total. The summed E-state index contributed by atoms with van der Waals surface area (Å²) in [6, 6.07) is 3.35. The van der Waals surface area contributed by atoms with Crippen molar-refractivity contribution in [3.63, 3.8) is 0 Å². The molecule has 0 atom stereocenters. The van der Waals surface area contributed by atoms with Crippen molar-refractivity contribution in [2.24, 2.45) is 16.6 Å². The number of allylic oxidation sites excluding steroid dienone is 1. The molecule has 0 spiro atoms. The number of hydrogen-bond acceptors (Lipinski definition) is 5. The highest BCUT2D eigenvalue weighted by atomic mass is 32.1. The summed E-state index contributed by atoms with van der Waals surface area (Å²) in [7, 11) is 0. The third kappa shape index (κ3) is 7.10. The molecule has 2 aromatic rings. The van der Waals surface area contributed by atoms with Gasteiger partial charge in [0.15, 0.2) is 0 Å². The molecule has 1 aliphatic heterocycles. The summed E-state index contributed by atoms with van der Waals surface area (Å²) in [4.78, 5) is 9.14. The molecular weight excluding hydrogens is 442 g/mol. The van der Waals surface area contributed by atoms with Crippen LogP contribution in [0.3, 0.4) is 0 Å². The molecule has 0 saturated carbocycles. The fraction of sp³-hybridized carbons (Fsp3) is 0.417. The second-order valence-electron chi connectivity index (χ2n) is 7.70. The highest BCUT2D eigenvalue weighted by Crippen LogP contribution is 2.36. The van der Waals surface area contributed by atoms with Crippen LogP contribution < -0.4 is 11.1 Å². The third-order valence-electron chi connectivity index (χ3n) is 5.01. The number of rotatable bonds is 6. The van der Waals surface area contributed by atoms with Gasteiger partial charge in [0.25, 0.3) is 0 Å². The summed E-state index contributed by atoms with van der Waals surface area (Å²) in [5.74, 6) is -0.888. The Balaban J connectivity index is 0.00000187. The smallest absolute Gasteiger partial charge is 0.146 e. The molecule has 0 amide bonds. The van der Waals surface area contributed by atoms with E-state index in [-0.39, 0.29) is 28.9 Å². The Bertz CT molecular complexity index is 1040. The van der Waals surface area contributed by atoms with E-state index in [0.29, 0.717) is 16.4 Å². The lowest BCUT2D eigenvalue weighted by Crippen LogP contribution is -2.26. The standard InChI is InChI=1S/C22H26F2N6S.C2H6/c1-12(2)21(27)29-18(26)6-5-17(25)20-19(15-4-3-14(23)11-16(15)24)30-22(31-20)13-7-9-28-10-8-13;1-2/h3-6,11-13,25,28H,7-10H2,1-2H3,(H3,26,27,29);1-2H3/b6-5-,25-17?;. The van der Waals surface area contributed by atoms with Gasteiger partial charge in [-0.25, -0.2) is 18.8 Å². The number of aromatic nitrogens is 1. The normalized spacial score (nSPS) is 14.9. The van der Waals surface area contributed by atoms with Crippen LogP contribution in [0.1, 0.15) is 56.3 Å². The van der Waals surface area contributed by atoms with Gasteiger partial charge in [-0.15, -0.1) is 11.3 Å². The number of halogens is 2. The molecule has 178 valence electrons. The Hall–Kier alpha value is -2.78. The van der Waals surface area contributed by atoms with Gasteiger partial charge >= 0.3 is 0 Å². The highest BCUT2D eigenvalue weighted by molar-refractivity contribution is 7.14. The number of nitrogens with two attached hydrogens (primary N) is 1. The van der Waals surface area contributed by atoms with Crippen molar-refractivity contribution in [1.82, 2.24) is 10.3 Å². The van der Waals surface area contributed by atoms with E-state index in [1.807, 2.05) is 27.7 Å². The SMILES string of the molecule is CC.CC(C)C(N)=NC(=N)/C=C\C(=N)c1sc(C2CCNCC2)nc1-c1ccc(F)cc1F. The minimum Gasteiger partial charge on any atom is -0.387 e. The first-order valence-corrected chi connectivity index (χ1v) is 11.9. The number of nitrogens with one attached hydrogen (secondary N) is 3. The Labute approximate surface area is 198 Å². The average molecular weight is 475 g/mol. The lowest BCUT2D eigenvalue weighted by Gasteiger charge is -2.20. The van der Waals surface area contributed by atoms with Crippen LogP contribution in [0.2, 0.25) is 0 Å². The lowest BCUT2D eigenvalue weighted by molar-refractivity contribution is 0.459. The van der Waals surface area contributed by atoms with Crippen molar-refractivity contribution in [2.45, 2.75) is 46.5 Å². The maximum absolute atomic E-state index is 14.5. The molecule has 1 aromatic carbocycles. The van der Waals surface area contributed by atoms with E-state index in [9.17, 15) is 8.78 Å². The maximum atomic E-state index is 14.5. The highest BCUT2D eigenvalue weighted by Gasteiger charge is 2.24. The monoisotopic (exact) mass is 474 g/mol. The number of thiazole rings is 1. The summed E-state index contributed by atoms with van der Waals surface area (Å²) in [6.07, 6.45) is 4.64. The quantitative estimate of drug-likeness (QED) is 0.328. The molecule has 33 heavy (non-hydrogen) atoms. The number of benzene rings is 1. The van der Waals surface area contributed by atoms with Crippen molar-refractivity contribution < 1.29 is 8.78 Å². The molecule has 0 unspecified atom stereocenters. The second kappa shape index (κ2) is 12.5. The first kappa shape index (κ1) is 26.5. The Morgan fingerprint density at radius 3 is 2.48 bits per heavy atom. The number of amidine groups is 2. The largest absolute Gasteiger partial charge is 0.387 e. The van der Waals surface area contributed by atoms with Crippen LogP contribution in [0, 0.1) is 28.4 Å². The molecule has 0 aliphatic carbocycles. The lowest BCUT2D eigenvalue weighted by atomic mass is 9.99. The number of piperidine rings is 1. The zero-order valence-corrected chi connectivity index (χ0v) is 20.3. The molecule has 1 aromatic heterocycles. The van der Waals surface area contributed by atoms with Crippen LogP contribution in [0.4, 0.5) is 8.78 Å². The van der Waals surface area contributed by atoms with E-state index in [1.165, 1.54) is 35.6 Å². The topological polar surface area (TPSA) is 111 Å². The van der Waals surface area contributed by atoms with Gasteiger partial charge in [0.05, 0.1) is 21.3 Å². The van der Waals surface area contributed by atoms with Gasteiger partial charge in [0.2, 0.25) is 0 Å². The van der Waals surface area contributed by atoms with Gasteiger partial charge < -0.3 is 11.1 Å². The summed E-state index contributed by atoms with van der Waals surface area (Å²) in [6.45, 7) is 9.51. The van der Waals surface area contributed by atoms with E-state index in [2.05, 4.69) is 15.3 Å². The van der Waals surface area contributed by atoms with E-state index < -0.39 is 11.6 Å². The van der Waals surface area contributed by atoms with Crippen molar-refractivity contribution in [1.29, 1.82) is 10.8 Å². The zero-order valence-electron chi connectivity index (χ0n) is 19.5. The molecule has 1 aliphatic rings. The number of hydrogen-bond donors (Lipinski definition) is 4. The van der Waals surface area contributed by atoms with Gasteiger partial charge in [0.1, 0.15) is 23.3 Å². The van der Waals surface area contributed by atoms with Gasteiger partial charge in [0, 0.05) is 23.5 Å². The summed E-state index contributed by atoms with van der Waals surface area (Å²) in [5.41, 5.74) is 6.35. The summed E-state index contributed by atoms with van der Waals surface area (Å²) < 4.78 is 27.9.